The molecule has 0 aliphatic carbocycles. The summed E-state index contributed by atoms with van der Waals surface area (Å²) in [5.41, 5.74) is 0.621. The van der Waals surface area contributed by atoms with Crippen LogP contribution in [0.25, 0.3) is 0 Å². The predicted molar refractivity (Wildman–Crippen MR) is 110 cm³/mol. The molecule has 0 unspecified atom stereocenters. The number of carbonyl (C=O) groups is 2. The van der Waals surface area contributed by atoms with Crippen molar-refractivity contribution in [2.45, 2.75) is 32.9 Å². The lowest BCUT2D eigenvalue weighted by atomic mass is 10.1. The second-order valence-electron chi connectivity index (χ2n) is 6.72. The van der Waals surface area contributed by atoms with E-state index in [2.05, 4.69) is 10.6 Å². The van der Waals surface area contributed by atoms with Gasteiger partial charge in [0, 0.05) is 18.3 Å². The number of carbonyl (C=O) groups excluding carboxylic acids is 2. The van der Waals surface area contributed by atoms with Gasteiger partial charge in [-0.25, -0.2) is 0 Å². The Bertz CT molecular complexity index is 1070. The molecule has 2 N–H and O–H groups in total. The molecule has 3 aromatic rings. The van der Waals surface area contributed by atoms with E-state index in [4.69, 9.17) is 4.42 Å². The van der Waals surface area contributed by atoms with Gasteiger partial charge in [0.25, 0.3) is 17.4 Å². The number of rotatable bonds is 7. The molecule has 150 valence electrons. The number of furan rings is 1. The average molecular weight is 393 g/mol. The molecule has 0 spiro atoms. The highest BCUT2D eigenvalue weighted by Crippen LogP contribution is 2.18. The van der Waals surface area contributed by atoms with E-state index in [1.165, 1.54) is 10.6 Å². The first kappa shape index (κ1) is 20.1. The van der Waals surface area contributed by atoms with Crippen LogP contribution in [0.1, 0.15) is 46.9 Å². The third kappa shape index (κ3) is 5.01. The standard InChI is InChI=1S/C22H23N3O4/c1-3-15(2)23-21(27)17-8-4-5-9-18(17)24-22(28)19-12-11-16(29-19)14-25-13-7-6-10-20(25)26/h4-13,15H,3,14H2,1-2H3,(H,23,27)(H,24,28)/t15-/m1/s1. The van der Waals surface area contributed by atoms with Gasteiger partial charge in [-0.1, -0.05) is 25.1 Å². The van der Waals surface area contributed by atoms with E-state index in [1.54, 1.807) is 54.7 Å². The topological polar surface area (TPSA) is 93.3 Å². The van der Waals surface area contributed by atoms with Crippen LogP contribution in [-0.2, 0) is 6.54 Å². The average Bonchev–Trinajstić information content (AvgIpc) is 3.18. The first-order chi connectivity index (χ1) is 14.0. The van der Waals surface area contributed by atoms with Gasteiger partial charge < -0.3 is 19.6 Å². The fourth-order valence-electron chi connectivity index (χ4n) is 2.72. The third-order valence-electron chi connectivity index (χ3n) is 4.52. The van der Waals surface area contributed by atoms with Crippen LogP contribution in [0.3, 0.4) is 0 Å². The van der Waals surface area contributed by atoms with Crippen molar-refractivity contribution in [1.29, 1.82) is 0 Å². The quantitative estimate of drug-likeness (QED) is 0.644. The summed E-state index contributed by atoms with van der Waals surface area (Å²) in [4.78, 5) is 36.9. The van der Waals surface area contributed by atoms with Gasteiger partial charge in [-0.2, -0.15) is 0 Å². The molecule has 1 atom stereocenters. The minimum atomic E-state index is -0.472. The van der Waals surface area contributed by atoms with E-state index in [0.29, 0.717) is 17.0 Å². The molecule has 0 fully saturated rings. The first-order valence-corrected chi connectivity index (χ1v) is 9.43. The van der Waals surface area contributed by atoms with Crippen LogP contribution >= 0.6 is 0 Å². The molecule has 0 aliphatic heterocycles. The molecule has 29 heavy (non-hydrogen) atoms. The minimum Gasteiger partial charge on any atom is -0.454 e. The smallest absolute Gasteiger partial charge is 0.291 e. The number of para-hydroxylation sites is 1. The van der Waals surface area contributed by atoms with E-state index < -0.39 is 5.91 Å². The maximum atomic E-state index is 12.6. The van der Waals surface area contributed by atoms with Crippen molar-refractivity contribution in [3.8, 4) is 0 Å². The Balaban J connectivity index is 1.73. The SMILES string of the molecule is CC[C@@H](C)NC(=O)c1ccccc1NC(=O)c1ccc(Cn2ccccc2=O)o1. The van der Waals surface area contributed by atoms with Crippen LogP contribution in [0.15, 0.2) is 70.0 Å². The molecule has 3 rings (SSSR count). The second kappa shape index (κ2) is 9.05. The number of benzene rings is 1. The number of pyridine rings is 1. The zero-order valence-corrected chi connectivity index (χ0v) is 16.3. The van der Waals surface area contributed by atoms with Crippen molar-refractivity contribution < 1.29 is 14.0 Å². The number of hydrogen-bond donors (Lipinski definition) is 2. The van der Waals surface area contributed by atoms with Crippen molar-refractivity contribution in [2.75, 3.05) is 5.32 Å². The molecule has 0 saturated heterocycles. The van der Waals surface area contributed by atoms with E-state index >= 15 is 0 Å². The molecular formula is C22H23N3O4. The van der Waals surface area contributed by atoms with Crippen molar-refractivity contribution >= 4 is 17.5 Å². The third-order valence-corrected chi connectivity index (χ3v) is 4.52. The Morgan fingerprint density at radius 2 is 1.79 bits per heavy atom. The van der Waals surface area contributed by atoms with Gasteiger partial charge in [-0.15, -0.1) is 0 Å². The van der Waals surface area contributed by atoms with E-state index in [-0.39, 0.29) is 29.8 Å². The highest BCUT2D eigenvalue weighted by molar-refractivity contribution is 6.07. The number of aromatic nitrogens is 1. The van der Waals surface area contributed by atoms with Crippen LogP contribution in [-0.4, -0.2) is 22.4 Å². The van der Waals surface area contributed by atoms with Crippen molar-refractivity contribution in [3.05, 3.63) is 88.2 Å². The molecular weight excluding hydrogens is 370 g/mol. The molecule has 2 aromatic heterocycles. The van der Waals surface area contributed by atoms with Gasteiger partial charge in [0.1, 0.15) is 5.76 Å². The fraction of sp³-hybridized carbons (Fsp3) is 0.227. The predicted octanol–water partition coefficient (Wildman–Crippen LogP) is 3.27. The molecule has 7 heteroatoms. The Morgan fingerprint density at radius 3 is 2.55 bits per heavy atom. The lowest BCUT2D eigenvalue weighted by Crippen LogP contribution is -2.32. The zero-order valence-electron chi connectivity index (χ0n) is 16.3. The van der Waals surface area contributed by atoms with Crippen molar-refractivity contribution in [3.63, 3.8) is 0 Å². The number of hydrogen-bond acceptors (Lipinski definition) is 4. The van der Waals surface area contributed by atoms with Gasteiger partial charge >= 0.3 is 0 Å². The number of nitrogens with zero attached hydrogens (tertiary/aromatic N) is 1. The van der Waals surface area contributed by atoms with E-state index in [1.807, 2.05) is 13.8 Å². The fourth-order valence-corrected chi connectivity index (χ4v) is 2.72. The summed E-state index contributed by atoms with van der Waals surface area (Å²) in [5, 5.41) is 5.62. The summed E-state index contributed by atoms with van der Waals surface area (Å²) < 4.78 is 7.07. The Kier molecular flexibility index (Phi) is 6.29. The normalized spacial score (nSPS) is 11.7. The van der Waals surface area contributed by atoms with Gasteiger partial charge in [-0.3, -0.25) is 14.4 Å². The molecule has 2 amide bonds. The number of nitrogens with one attached hydrogen (secondary N) is 2. The van der Waals surface area contributed by atoms with E-state index in [0.717, 1.165) is 6.42 Å². The van der Waals surface area contributed by atoms with Crippen molar-refractivity contribution in [1.82, 2.24) is 9.88 Å². The Labute approximate surface area is 168 Å². The molecule has 1 aromatic carbocycles. The van der Waals surface area contributed by atoms with Crippen LogP contribution in [0.4, 0.5) is 5.69 Å². The maximum absolute atomic E-state index is 12.6. The highest BCUT2D eigenvalue weighted by atomic mass is 16.4. The molecule has 0 radical (unpaired) electrons. The molecule has 7 nitrogen and oxygen atoms in total. The molecule has 2 heterocycles. The molecule has 0 saturated carbocycles. The van der Waals surface area contributed by atoms with Crippen LogP contribution in [0.2, 0.25) is 0 Å². The van der Waals surface area contributed by atoms with Crippen LogP contribution < -0.4 is 16.2 Å². The van der Waals surface area contributed by atoms with Gasteiger partial charge in [0.05, 0.1) is 17.8 Å². The number of anilines is 1. The summed E-state index contributed by atoms with van der Waals surface area (Å²) in [6, 6.07) is 14.9. The molecule has 0 bridgehead atoms. The first-order valence-electron chi connectivity index (χ1n) is 9.43. The second-order valence-corrected chi connectivity index (χ2v) is 6.72. The summed E-state index contributed by atoms with van der Waals surface area (Å²) in [6.45, 7) is 4.12. The molecule has 0 aliphatic rings. The van der Waals surface area contributed by atoms with Gasteiger partial charge in [0.2, 0.25) is 0 Å². The zero-order chi connectivity index (χ0) is 20.8. The van der Waals surface area contributed by atoms with Gasteiger partial charge in [-0.05, 0) is 43.7 Å². The Morgan fingerprint density at radius 1 is 1.03 bits per heavy atom. The lowest BCUT2D eigenvalue weighted by Gasteiger charge is -2.14. The largest absolute Gasteiger partial charge is 0.454 e. The van der Waals surface area contributed by atoms with Crippen LogP contribution in [0.5, 0.6) is 0 Å². The maximum Gasteiger partial charge on any atom is 0.291 e. The van der Waals surface area contributed by atoms with E-state index in [9.17, 15) is 14.4 Å². The summed E-state index contributed by atoms with van der Waals surface area (Å²) >= 11 is 0. The summed E-state index contributed by atoms with van der Waals surface area (Å²) in [5.74, 6) is -0.147. The Hall–Kier alpha value is -3.61. The van der Waals surface area contributed by atoms with Crippen molar-refractivity contribution in [2.24, 2.45) is 0 Å². The highest BCUT2D eigenvalue weighted by Gasteiger charge is 2.17. The lowest BCUT2D eigenvalue weighted by molar-refractivity contribution is 0.0940. The minimum absolute atomic E-state index is 0.0280. The van der Waals surface area contributed by atoms with Gasteiger partial charge in [0.15, 0.2) is 5.76 Å². The summed E-state index contributed by atoms with van der Waals surface area (Å²) in [6.07, 6.45) is 2.46. The number of amides is 2. The summed E-state index contributed by atoms with van der Waals surface area (Å²) in [7, 11) is 0. The monoisotopic (exact) mass is 393 g/mol. The van der Waals surface area contributed by atoms with Crippen LogP contribution in [0, 0.1) is 0 Å².